The van der Waals surface area contributed by atoms with Crippen molar-refractivity contribution in [3.05, 3.63) is 130 Å². The molecule has 0 fully saturated rings. The predicted molar refractivity (Wildman–Crippen MR) is 166 cm³/mol. The molecule has 2 atom stereocenters. The lowest BCUT2D eigenvalue weighted by atomic mass is 10.1. The molecule has 0 heterocycles. The molecule has 4 aromatic rings. The number of carbonyl (C=O) groups is 1. The van der Waals surface area contributed by atoms with Crippen LogP contribution >= 0.6 is 0 Å². The maximum absolute atomic E-state index is 12.2. The van der Waals surface area contributed by atoms with Crippen molar-refractivity contribution in [2.75, 3.05) is 7.11 Å². The van der Waals surface area contributed by atoms with E-state index < -0.39 is 12.1 Å². The molecule has 0 aliphatic carbocycles. The highest BCUT2D eigenvalue weighted by atomic mass is 16.5. The summed E-state index contributed by atoms with van der Waals surface area (Å²) in [5, 5.41) is 0. The van der Waals surface area contributed by atoms with Crippen LogP contribution in [-0.4, -0.2) is 25.3 Å². The molecule has 0 spiro atoms. The van der Waals surface area contributed by atoms with Gasteiger partial charge in [-0.1, -0.05) is 83.0 Å². The summed E-state index contributed by atoms with van der Waals surface area (Å²) < 4.78 is 17.2. The van der Waals surface area contributed by atoms with Crippen LogP contribution in [0.5, 0.6) is 11.5 Å². The fourth-order valence-corrected chi connectivity index (χ4v) is 3.87. The van der Waals surface area contributed by atoms with Gasteiger partial charge in [-0.15, -0.1) is 0 Å². The largest absolute Gasteiger partial charge is 0.477 e. The molecule has 4 nitrogen and oxygen atoms in total. The summed E-state index contributed by atoms with van der Waals surface area (Å²) in [5.74, 6) is 19.6. The van der Waals surface area contributed by atoms with Crippen LogP contribution in [0, 0.1) is 49.4 Å². The van der Waals surface area contributed by atoms with Gasteiger partial charge < -0.3 is 14.2 Å². The minimum atomic E-state index is -0.457. The van der Waals surface area contributed by atoms with Gasteiger partial charge >= 0.3 is 5.97 Å². The second-order valence-electron chi connectivity index (χ2n) is 9.74. The zero-order valence-electron chi connectivity index (χ0n) is 24.4. The standard InChI is InChI=1S/C38H32O4/c1-27-10-16-31(17-11-27)20-14-29(3)41-36-9-7-6-8-33(36)22-23-34-26-35(38(39)40-5)24-25-37(34)42-30(4)15-21-32-18-12-28(2)13-19-32/h6-13,16-19,24-26,29-30H,1-5H3/t29-,30-/m1/s1. The predicted octanol–water partition coefficient (Wildman–Crippen LogP) is 7.13. The molecule has 0 unspecified atom stereocenters. The van der Waals surface area contributed by atoms with Crippen LogP contribution in [0.2, 0.25) is 0 Å². The van der Waals surface area contributed by atoms with E-state index in [4.69, 9.17) is 14.2 Å². The van der Waals surface area contributed by atoms with Crippen molar-refractivity contribution in [1.29, 1.82) is 0 Å². The monoisotopic (exact) mass is 552 g/mol. The minimum absolute atomic E-state index is 0.358. The van der Waals surface area contributed by atoms with Crippen LogP contribution in [0.1, 0.15) is 57.6 Å². The molecule has 4 heteroatoms. The van der Waals surface area contributed by atoms with Gasteiger partial charge in [-0.05, 0) is 82.3 Å². The summed E-state index contributed by atoms with van der Waals surface area (Å²) in [6, 6.07) is 28.6. The highest BCUT2D eigenvalue weighted by Crippen LogP contribution is 2.23. The SMILES string of the molecule is COC(=O)c1ccc(O[C@H](C)C#Cc2ccc(C)cc2)c(C#Cc2ccccc2O[C@H](C)C#Cc2ccc(C)cc2)c1. The van der Waals surface area contributed by atoms with Crippen LogP contribution in [0.4, 0.5) is 0 Å². The first kappa shape index (κ1) is 29.6. The molecular weight excluding hydrogens is 520 g/mol. The first-order valence-electron chi connectivity index (χ1n) is 13.6. The Labute approximate surface area is 248 Å². The van der Waals surface area contributed by atoms with Crippen molar-refractivity contribution < 1.29 is 19.0 Å². The Morgan fingerprint density at radius 3 is 1.67 bits per heavy atom. The van der Waals surface area contributed by atoms with Crippen LogP contribution in [0.3, 0.4) is 0 Å². The van der Waals surface area contributed by atoms with E-state index >= 15 is 0 Å². The number of benzene rings is 4. The number of carbonyl (C=O) groups excluding carboxylic acids is 1. The van der Waals surface area contributed by atoms with E-state index in [1.165, 1.54) is 18.2 Å². The lowest BCUT2D eigenvalue weighted by Crippen LogP contribution is -2.11. The highest BCUT2D eigenvalue weighted by molar-refractivity contribution is 5.90. The summed E-state index contributed by atoms with van der Waals surface area (Å²) in [6.07, 6.45) is -0.775. The summed E-state index contributed by atoms with van der Waals surface area (Å²) in [5.41, 5.74) is 5.79. The van der Waals surface area contributed by atoms with Gasteiger partial charge in [0.05, 0.1) is 23.8 Å². The van der Waals surface area contributed by atoms with Crippen molar-refractivity contribution in [3.8, 4) is 47.0 Å². The molecular formula is C38H32O4. The minimum Gasteiger partial charge on any atom is -0.477 e. The van der Waals surface area contributed by atoms with Gasteiger partial charge in [0.25, 0.3) is 0 Å². The lowest BCUT2D eigenvalue weighted by Gasteiger charge is -2.12. The molecule has 0 aliphatic rings. The molecule has 4 rings (SSSR count). The van der Waals surface area contributed by atoms with Crippen LogP contribution < -0.4 is 9.47 Å². The average molecular weight is 553 g/mol. The van der Waals surface area contributed by atoms with Crippen LogP contribution in [0.25, 0.3) is 0 Å². The first-order valence-corrected chi connectivity index (χ1v) is 13.6. The third-order valence-corrected chi connectivity index (χ3v) is 6.17. The molecule has 208 valence electrons. The number of esters is 1. The number of ether oxygens (including phenoxy) is 3. The number of hydrogen-bond donors (Lipinski definition) is 0. The fraction of sp³-hybridized carbons (Fsp3) is 0.184. The van der Waals surface area contributed by atoms with Gasteiger partial charge in [-0.25, -0.2) is 4.79 Å². The van der Waals surface area contributed by atoms with Crippen molar-refractivity contribution in [2.45, 2.75) is 39.9 Å². The molecule has 0 bridgehead atoms. The second kappa shape index (κ2) is 14.3. The van der Waals surface area contributed by atoms with Gasteiger partial charge in [0.1, 0.15) is 11.5 Å². The zero-order chi connectivity index (χ0) is 29.9. The number of rotatable bonds is 5. The van der Waals surface area contributed by atoms with E-state index in [2.05, 4.69) is 35.5 Å². The smallest absolute Gasteiger partial charge is 0.337 e. The van der Waals surface area contributed by atoms with Gasteiger partial charge in [-0.2, -0.15) is 0 Å². The molecule has 0 saturated heterocycles. The van der Waals surface area contributed by atoms with Crippen LogP contribution in [-0.2, 0) is 4.74 Å². The quantitative estimate of drug-likeness (QED) is 0.195. The molecule has 0 amide bonds. The maximum Gasteiger partial charge on any atom is 0.337 e. The number of methoxy groups -OCH3 is 1. The Bertz CT molecular complexity index is 1730. The zero-order valence-corrected chi connectivity index (χ0v) is 24.4. The van der Waals surface area contributed by atoms with Crippen molar-refractivity contribution in [1.82, 2.24) is 0 Å². The highest BCUT2D eigenvalue weighted by Gasteiger charge is 2.12. The Kier molecular flexibility index (Phi) is 10.1. The van der Waals surface area contributed by atoms with Gasteiger partial charge in [0.2, 0.25) is 0 Å². The molecule has 0 aliphatic heterocycles. The molecule has 42 heavy (non-hydrogen) atoms. The molecule has 4 aromatic carbocycles. The lowest BCUT2D eigenvalue weighted by molar-refractivity contribution is 0.0600. The average Bonchev–Trinajstić information content (AvgIpc) is 3.00. The van der Waals surface area contributed by atoms with E-state index in [0.29, 0.717) is 28.2 Å². The molecule has 0 radical (unpaired) electrons. The number of aryl methyl sites for hydroxylation is 2. The summed E-state index contributed by atoms with van der Waals surface area (Å²) in [6.45, 7) is 7.85. The van der Waals surface area contributed by atoms with Gasteiger partial charge in [0, 0.05) is 11.1 Å². The van der Waals surface area contributed by atoms with E-state index in [1.54, 1.807) is 18.2 Å². The van der Waals surface area contributed by atoms with Crippen molar-refractivity contribution >= 4 is 5.97 Å². The molecule has 0 saturated carbocycles. The third kappa shape index (κ3) is 8.56. The van der Waals surface area contributed by atoms with Crippen LogP contribution in [0.15, 0.2) is 91.0 Å². The van der Waals surface area contributed by atoms with Crippen molar-refractivity contribution in [3.63, 3.8) is 0 Å². The van der Waals surface area contributed by atoms with E-state index in [9.17, 15) is 4.79 Å². The Balaban J connectivity index is 1.58. The van der Waals surface area contributed by atoms with E-state index in [1.807, 2.05) is 100 Å². The first-order chi connectivity index (χ1) is 20.3. The van der Waals surface area contributed by atoms with E-state index in [-0.39, 0.29) is 6.10 Å². The van der Waals surface area contributed by atoms with Crippen molar-refractivity contribution in [2.24, 2.45) is 0 Å². The third-order valence-electron chi connectivity index (χ3n) is 6.17. The second-order valence-corrected chi connectivity index (χ2v) is 9.74. The summed E-state index contributed by atoms with van der Waals surface area (Å²) >= 11 is 0. The molecule has 0 aromatic heterocycles. The van der Waals surface area contributed by atoms with Gasteiger partial charge in [0.15, 0.2) is 12.2 Å². The normalized spacial score (nSPS) is 11.3. The topological polar surface area (TPSA) is 44.8 Å². The van der Waals surface area contributed by atoms with Gasteiger partial charge in [-0.3, -0.25) is 0 Å². The summed E-state index contributed by atoms with van der Waals surface area (Å²) in [7, 11) is 1.34. The Morgan fingerprint density at radius 1 is 0.619 bits per heavy atom. The fourth-order valence-electron chi connectivity index (χ4n) is 3.87. The number of para-hydroxylation sites is 1. The van der Waals surface area contributed by atoms with E-state index in [0.717, 1.165) is 11.1 Å². The maximum atomic E-state index is 12.2. The summed E-state index contributed by atoms with van der Waals surface area (Å²) in [4.78, 5) is 12.2. The Morgan fingerprint density at radius 2 is 1.12 bits per heavy atom. The Hall–Kier alpha value is -5.37. The number of hydrogen-bond acceptors (Lipinski definition) is 4. The molecule has 0 N–H and O–H groups in total.